The highest BCUT2D eigenvalue weighted by molar-refractivity contribution is 9.10. The summed E-state index contributed by atoms with van der Waals surface area (Å²) >= 11 is 3.22. The zero-order chi connectivity index (χ0) is 23.4. The van der Waals surface area contributed by atoms with Crippen LogP contribution in [0.5, 0.6) is 11.5 Å². The van der Waals surface area contributed by atoms with Gasteiger partial charge in [-0.15, -0.1) is 0 Å². The van der Waals surface area contributed by atoms with Crippen LogP contribution < -0.4 is 14.8 Å². The number of ether oxygens (including phenoxy) is 2. The van der Waals surface area contributed by atoms with E-state index in [0.29, 0.717) is 40.8 Å². The fourth-order valence-corrected chi connectivity index (χ4v) is 4.17. The third-order valence-corrected chi connectivity index (χ3v) is 6.03. The van der Waals surface area contributed by atoms with E-state index in [1.807, 2.05) is 6.07 Å². The lowest BCUT2D eigenvalue weighted by atomic mass is 9.97. The first-order valence-electron chi connectivity index (χ1n) is 10.5. The molecule has 1 amide bonds. The Bertz CT molecular complexity index is 1140. The lowest BCUT2D eigenvalue weighted by Gasteiger charge is -2.30. The molecule has 0 spiro atoms. The van der Waals surface area contributed by atoms with Crippen LogP contribution in [0.4, 0.5) is 10.1 Å². The van der Waals surface area contributed by atoms with E-state index in [4.69, 9.17) is 14.0 Å². The van der Waals surface area contributed by atoms with E-state index in [1.165, 1.54) is 6.07 Å². The molecule has 2 aromatic carbocycles. The number of carbonyl (C=O) groups is 1. The van der Waals surface area contributed by atoms with Gasteiger partial charge in [-0.25, -0.2) is 4.39 Å². The van der Waals surface area contributed by atoms with Crippen LogP contribution in [-0.2, 0) is 11.3 Å². The van der Waals surface area contributed by atoms with Gasteiger partial charge in [-0.3, -0.25) is 9.69 Å². The highest BCUT2D eigenvalue weighted by Crippen LogP contribution is 2.31. The monoisotopic (exact) mass is 518 g/mol. The third-order valence-electron chi connectivity index (χ3n) is 5.53. The van der Waals surface area contributed by atoms with Gasteiger partial charge in [0, 0.05) is 16.6 Å². The number of carbonyl (C=O) groups excluding carboxylic acids is 1. The number of benzene rings is 2. The zero-order valence-corrected chi connectivity index (χ0v) is 19.9. The van der Waals surface area contributed by atoms with Gasteiger partial charge in [0.2, 0.25) is 17.6 Å². The molecule has 4 rings (SSSR count). The summed E-state index contributed by atoms with van der Waals surface area (Å²) in [6.07, 6.45) is 1.58. The molecule has 0 bridgehead atoms. The lowest BCUT2D eigenvalue weighted by Crippen LogP contribution is -2.40. The maximum absolute atomic E-state index is 14.1. The number of hydrogen-bond acceptors (Lipinski definition) is 7. The molecule has 2 heterocycles. The predicted molar refractivity (Wildman–Crippen MR) is 124 cm³/mol. The molecule has 1 aromatic heterocycles. The highest BCUT2D eigenvalue weighted by Gasteiger charge is 2.27. The van der Waals surface area contributed by atoms with E-state index in [9.17, 15) is 9.18 Å². The maximum Gasteiger partial charge on any atom is 0.241 e. The van der Waals surface area contributed by atoms with E-state index < -0.39 is 5.82 Å². The third kappa shape index (κ3) is 5.51. The second kappa shape index (κ2) is 10.3. The van der Waals surface area contributed by atoms with Crippen molar-refractivity contribution >= 4 is 27.5 Å². The van der Waals surface area contributed by atoms with Crippen LogP contribution in [0, 0.1) is 11.7 Å². The second-order valence-electron chi connectivity index (χ2n) is 7.77. The van der Waals surface area contributed by atoms with Gasteiger partial charge in [-0.2, -0.15) is 4.98 Å². The number of methoxy groups -OCH3 is 2. The summed E-state index contributed by atoms with van der Waals surface area (Å²) in [5.41, 5.74) is 0.923. The summed E-state index contributed by atoms with van der Waals surface area (Å²) in [4.78, 5) is 19.3. The molecule has 3 aromatic rings. The van der Waals surface area contributed by atoms with Crippen LogP contribution in [0.2, 0.25) is 0 Å². The molecule has 0 aliphatic carbocycles. The number of rotatable bonds is 7. The summed E-state index contributed by atoms with van der Waals surface area (Å²) in [6, 6.07) is 9.97. The van der Waals surface area contributed by atoms with Gasteiger partial charge in [0.1, 0.15) is 5.82 Å². The van der Waals surface area contributed by atoms with Crippen molar-refractivity contribution in [1.82, 2.24) is 15.0 Å². The quantitative estimate of drug-likeness (QED) is 0.492. The molecular weight excluding hydrogens is 495 g/mol. The Morgan fingerprint density at radius 1 is 1.24 bits per heavy atom. The van der Waals surface area contributed by atoms with E-state index in [1.54, 1.807) is 38.5 Å². The molecule has 0 saturated carbocycles. The molecule has 1 fully saturated rings. The normalized spacial score (nSPS) is 16.4. The zero-order valence-electron chi connectivity index (χ0n) is 18.3. The minimum Gasteiger partial charge on any atom is -0.493 e. The molecule has 1 aliphatic rings. The number of piperidine rings is 1. The van der Waals surface area contributed by atoms with Gasteiger partial charge in [0.05, 0.1) is 32.4 Å². The Morgan fingerprint density at radius 2 is 2.06 bits per heavy atom. The summed E-state index contributed by atoms with van der Waals surface area (Å²) in [6.45, 7) is 1.76. The summed E-state index contributed by atoms with van der Waals surface area (Å²) in [5.74, 6) is 1.17. The van der Waals surface area contributed by atoms with Gasteiger partial charge in [0.15, 0.2) is 11.5 Å². The van der Waals surface area contributed by atoms with Gasteiger partial charge in [-0.1, -0.05) is 21.1 Å². The number of amides is 1. The van der Waals surface area contributed by atoms with E-state index in [-0.39, 0.29) is 17.5 Å². The fourth-order valence-electron chi connectivity index (χ4n) is 3.84. The first-order valence-corrected chi connectivity index (χ1v) is 11.3. The van der Waals surface area contributed by atoms with Crippen LogP contribution in [0.15, 0.2) is 45.4 Å². The van der Waals surface area contributed by atoms with Crippen molar-refractivity contribution < 1.29 is 23.2 Å². The van der Waals surface area contributed by atoms with Crippen molar-refractivity contribution in [2.24, 2.45) is 5.92 Å². The van der Waals surface area contributed by atoms with E-state index in [0.717, 1.165) is 24.9 Å². The minimum atomic E-state index is -0.473. The SMILES string of the molecule is COc1ccc(-c2noc(CN3CCCC(C(=O)Nc4ccc(Br)cc4F)C3)n2)cc1OC. The average Bonchev–Trinajstić information content (AvgIpc) is 3.29. The number of aromatic nitrogens is 2. The van der Waals surface area contributed by atoms with E-state index in [2.05, 4.69) is 36.3 Å². The van der Waals surface area contributed by atoms with Crippen molar-refractivity contribution in [3.63, 3.8) is 0 Å². The lowest BCUT2D eigenvalue weighted by molar-refractivity contribution is -0.121. The Labute approximate surface area is 199 Å². The predicted octanol–water partition coefficient (Wildman–Crippen LogP) is 4.51. The fraction of sp³-hybridized carbons (Fsp3) is 0.348. The number of hydrogen-bond donors (Lipinski definition) is 1. The second-order valence-corrected chi connectivity index (χ2v) is 8.68. The first kappa shape index (κ1) is 23.2. The maximum atomic E-state index is 14.1. The van der Waals surface area contributed by atoms with Crippen LogP contribution >= 0.6 is 15.9 Å². The number of nitrogens with one attached hydrogen (secondary N) is 1. The molecular formula is C23H24BrFN4O4. The molecule has 174 valence electrons. The Morgan fingerprint density at radius 3 is 2.82 bits per heavy atom. The Balaban J connectivity index is 1.39. The Kier molecular flexibility index (Phi) is 7.24. The Hall–Kier alpha value is -2.98. The molecule has 1 atom stereocenters. The van der Waals surface area contributed by atoms with Crippen molar-refractivity contribution in [3.05, 3.63) is 52.6 Å². The molecule has 0 radical (unpaired) electrons. The van der Waals surface area contributed by atoms with Crippen molar-refractivity contribution in [2.45, 2.75) is 19.4 Å². The highest BCUT2D eigenvalue weighted by atomic mass is 79.9. The largest absolute Gasteiger partial charge is 0.493 e. The summed E-state index contributed by atoms with van der Waals surface area (Å²) < 4.78 is 30.7. The number of halogens is 2. The average molecular weight is 519 g/mol. The van der Waals surface area contributed by atoms with Gasteiger partial charge >= 0.3 is 0 Å². The summed E-state index contributed by atoms with van der Waals surface area (Å²) in [7, 11) is 3.14. The number of likely N-dealkylation sites (tertiary alicyclic amines) is 1. The first-order chi connectivity index (χ1) is 16.0. The van der Waals surface area contributed by atoms with Crippen LogP contribution in [0.25, 0.3) is 11.4 Å². The number of anilines is 1. The van der Waals surface area contributed by atoms with Crippen molar-refractivity contribution in [2.75, 3.05) is 32.6 Å². The van der Waals surface area contributed by atoms with Crippen LogP contribution in [-0.4, -0.2) is 48.3 Å². The number of nitrogens with zero attached hydrogens (tertiary/aromatic N) is 3. The van der Waals surface area contributed by atoms with Crippen LogP contribution in [0.3, 0.4) is 0 Å². The molecule has 1 N–H and O–H groups in total. The summed E-state index contributed by atoms with van der Waals surface area (Å²) in [5, 5.41) is 6.78. The molecule has 1 aliphatic heterocycles. The van der Waals surface area contributed by atoms with Gasteiger partial charge in [0.25, 0.3) is 0 Å². The smallest absolute Gasteiger partial charge is 0.241 e. The molecule has 1 unspecified atom stereocenters. The topological polar surface area (TPSA) is 89.7 Å². The van der Waals surface area contributed by atoms with Crippen molar-refractivity contribution in [3.8, 4) is 22.9 Å². The molecule has 10 heteroatoms. The minimum absolute atomic E-state index is 0.178. The van der Waals surface area contributed by atoms with Crippen LogP contribution in [0.1, 0.15) is 18.7 Å². The molecule has 33 heavy (non-hydrogen) atoms. The van der Waals surface area contributed by atoms with E-state index >= 15 is 0 Å². The van der Waals surface area contributed by atoms with Gasteiger partial charge < -0.3 is 19.3 Å². The van der Waals surface area contributed by atoms with Crippen molar-refractivity contribution in [1.29, 1.82) is 0 Å². The van der Waals surface area contributed by atoms with Gasteiger partial charge in [-0.05, 0) is 55.8 Å². The standard InChI is InChI=1S/C23H24BrFN4O4/c1-31-19-8-5-14(10-20(19)32-2)22-27-21(33-28-22)13-29-9-3-4-15(12-29)23(30)26-18-7-6-16(24)11-17(18)25/h5-8,10-11,15H,3-4,9,12-13H2,1-2H3,(H,26,30). The molecule has 8 nitrogen and oxygen atoms in total. The molecule has 1 saturated heterocycles.